The van der Waals surface area contributed by atoms with Gasteiger partial charge in [0.25, 0.3) is 0 Å². The van der Waals surface area contributed by atoms with E-state index >= 15 is 0 Å². The zero-order chi connectivity index (χ0) is 26.2. The number of carbonyl (C=O) groups is 1. The van der Waals surface area contributed by atoms with Crippen LogP contribution in [-0.4, -0.2) is 25.8 Å². The van der Waals surface area contributed by atoms with Gasteiger partial charge in [0.05, 0.1) is 11.3 Å². The molecule has 0 fully saturated rings. The number of hydrogen-bond donors (Lipinski definition) is 1. The Bertz CT molecular complexity index is 1340. The van der Waals surface area contributed by atoms with E-state index in [4.69, 9.17) is 9.40 Å². The molecule has 199 valence electrons. The first-order chi connectivity index (χ1) is 17.4. The van der Waals surface area contributed by atoms with E-state index in [1.165, 1.54) is 6.08 Å². The van der Waals surface area contributed by atoms with E-state index in [1.807, 2.05) is 59.7 Å². The number of aliphatic hydroxyl groups is 1. The molecule has 0 spiro atoms. The monoisotopic (exact) mass is 679 g/mol. The van der Waals surface area contributed by atoms with Crippen LogP contribution in [0, 0.1) is 31.7 Å². The molecule has 0 aliphatic rings. The van der Waals surface area contributed by atoms with Crippen LogP contribution in [0.4, 0.5) is 0 Å². The van der Waals surface area contributed by atoms with Crippen LogP contribution in [0.5, 0.6) is 0 Å². The van der Waals surface area contributed by atoms with E-state index in [2.05, 4.69) is 16.0 Å². The summed E-state index contributed by atoms with van der Waals surface area (Å²) in [7, 11) is 0. The van der Waals surface area contributed by atoms with Crippen LogP contribution in [0.2, 0.25) is 0 Å². The first-order valence-electron chi connectivity index (χ1n) is 12.8. The van der Waals surface area contributed by atoms with Crippen LogP contribution in [0.1, 0.15) is 64.7 Å². The van der Waals surface area contributed by atoms with Crippen molar-refractivity contribution < 1.29 is 34.4 Å². The number of rotatable bonds is 8. The predicted octanol–water partition coefficient (Wildman–Crippen LogP) is 7.72. The summed E-state index contributed by atoms with van der Waals surface area (Å²) in [5, 5.41) is 10.8. The van der Waals surface area contributed by atoms with Crippen molar-refractivity contribution in [1.82, 2.24) is 15.0 Å². The molecular formula is C30H36IrN3O3-. The van der Waals surface area contributed by atoms with Crippen LogP contribution in [0.3, 0.4) is 0 Å². The molecule has 0 unspecified atom stereocenters. The van der Waals surface area contributed by atoms with Crippen LogP contribution in [-0.2, 0) is 24.9 Å². The van der Waals surface area contributed by atoms with Gasteiger partial charge in [0.1, 0.15) is 11.3 Å². The van der Waals surface area contributed by atoms with E-state index in [0.717, 1.165) is 70.3 Å². The van der Waals surface area contributed by atoms with Gasteiger partial charge in [-0.25, -0.2) is 0 Å². The van der Waals surface area contributed by atoms with Gasteiger partial charge >= 0.3 is 0 Å². The van der Waals surface area contributed by atoms with Crippen molar-refractivity contribution in [3.8, 4) is 11.3 Å². The Morgan fingerprint density at radius 1 is 1.05 bits per heavy atom. The fraction of sp³-hybridized carbons (Fsp3) is 0.400. The molecule has 0 amide bonds. The Balaban J connectivity index is 0.000000271. The maximum atomic E-state index is 11.7. The molecule has 4 heterocycles. The summed E-state index contributed by atoms with van der Waals surface area (Å²) < 4.78 is 5.94. The van der Waals surface area contributed by atoms with Crippen molar-refractivity contribution in [2.24, 2.45) is 11.8 Å². The first-order valence-corrected chi connectivity index (χ1v) is 12.8. The van der Waals surface area contributed by atoms with E-state index in [9.17, 15) is 9.90 Å². The standard InChI is InChI=1S/C17H12N3O.C13H24O2.Ir/c1-10-11(2)21-17-14(10)15(12-5-8-18-9-6-12)20-13-4-3-7-19-16(13)17;1-5-10(6-2)12(14)9-13(15)11(7-3)8-4;/h3-5,7-9H,1-2H3;9-11,14H,5-8H2,1-4H3;/q-1;;/b;12-9-;. The van der Waals surface area contributed by atoms with Crippen molar-refractivity contribution in [3.63, 3.8) is 0 Å². The zero-order valence-corrected chi connectivity index (χ0v) is 24.9. The third-order valence-corrected chi connectivity index (χ3v) is 6.81. The molecule has 0 saturated carbocycles. The third-order valence-electron chi connectivity index (χ3n) is 6.81. The van der Waals surface area contributed by atoms with Crippen molar-refractivity contribution in [2.75, 3.05) is 0 Å². The quantitative estimate of drug-likeness (QED) is 0.117. The minimum atomic E-state index is 0. The van der Waals surface area contributed by atoms with E-state index in [1.54, 1.807) is 18.6 Å². The average molecular weight is 679 g/mol. The number of aryl methyl sites for hydroxylation is 2. The smallest absolute Gasteiger partial charge is 0.162 e. The minimum absolute atomic E-state index is 0. The van der Waals surface area contributed by atoms with Gasteiger partial charge in [-0.15, -0.1) is 6.07 Å². The van der Waals surface area contributed by atoms with Crippen LogP contribution in [0.25, 0.3) is 33.3 Å². The summed E-state index contributed by atoms with van der Waals surface area (Å²) in [5.41, 5.74) is 5.26. The van der Waals surface area contributed by atoms with Crippen LogP contribution in [0.15, 0.2) is 53.0 Å². The number of ketones is 1. The van der Waals surface area contributed by atoms with Crippen LogP contribution >= 0.6 is 0 Å². The van der Waals surface area contributed by atoms with Gasteiger partial charge in [0.2, 0.25) is 0 Å². The maximum absolute atomic E-state index is 11.7. The molecule has 1 N–H and O–H groups in total. The van der Waals surface area contributed by atoms with E-state index in [-0.39, 0.29) is 43.5 Å². The Morgan fingerprint density at radius 2 is 1.73 bits per heavy atom. The van der Waals surface area contributed by atoms with Gasteiger partial charge in [-0.1, -0.05) is 27.7 Å². The Labute approximate surface area is 233 Å². The van der Waals surface area contributed by atoms with Crippen molar-refractivity contribution in [1.29, 1.82) is 0 Å². The molecule has 6 nitrogen and oxygen atoms in total. The number of carbonyl (C=O) groups excluding carboxylic acids is 1. The van der Waals surface area contributed by atoms with Gasteiger partial charge in [0, 0.05) is 44.2 Å². The fourth-order valence-electron chi connectivity index (χ4n) is 4.35. The number of furan rings is 1. The molecule has 4 aromatic rings. The van der Waals surface area contributed by atoms with Crippen molar-refractivity contribution >= 4 is 27.8 Å². The minimum Gasteiger partial charge on any atom is -0.512 e. The number of nitrogens with zero attached hydrogens (tertiary/aromatic N) is 3. The van der Waals surface area contributed by atoms with Gasteiger partial charge in [-0.05, 0) is 80.7 Å². The summed E-state index contributed by atoms with van der Waals surface area (Å²) in [6.45, 7) is 12.1. The number of allylic oxidation sites excluding steroid dienone is 2. The number of hydrogen-bond acceptors (Lipinski definition) is 6. The number of fused-ring (bicyclic) bond motifs is 3. The van der Waals surface area contributed by atoms with E-state index < -0.39 is 0 Å². The first kappa shape index (κ1) is 30.3. The molecule has 0 bridgehead atoms. The predicted molar refractivity (Wildman–Crippen MR) is 145 cm³/mol. The Morgan fingerprint density at radius 3 is 2.32 bits per heavy atom. The third kappa shape index (κ3) is 6.91. The van der Waals surface area contributed by atoms with Crippen molar-refractivity contribution in [3.05, 3.63) is 66.0 Å². The summed E-state index contributed by atoms with van der Waals surface area (Å²) in [5.74, 6) is 1.44. The number of pyridine rings is 3. The molecule has 0 aliphatic heterocycles. The summed E-state index contributed by atoms with van der Waals surface area (Å²) >= 11 is 0. The Hall–Kier alpha value is -2.89. The van der Waals surface area contributed by atoms with E-state index in [0.29, 0.717) is 0 Å². The topological polar surface area (TPSA) is 89.1 Å². The number of aromatic nitrogens is 3. The van der Waals surface area contributed by atoms with Gasteiger partial charge in [-0.3, -0.25) is 14.8 Å². The van der Waals surface area contributed by atoms with Gasteiger partial charge in [-0.2, -0.15) is 11.6 Å². The molecule has 7 heteroatoms. The molecule has 1 radical (unpaired) electrons. The summed E-state index contributed by atoms with van der Waals surface area (Å²) in [6.07, 6.45) is 10.1. The van der Waals surface area contributed by atoms with Gasteiger partial charge < -0.3 is 14.5 Å². The normalized spacial score (nSPS) is 11.5. The molecular weight excluding hydrogens is 643 g/mol. The zero-order valence-electron chi connectivity index (χ0n) is 22.5. The molecule has 0 aromatic carbocycles. The summed E-state index contributed by atoms with van der Waals surface area (Å²) in [4.78, 5) is 24.9. The molecule has 0 saturated heterocycles. The SMILES string of the molecule is CCC(CC)C(=O)/C=C(\O)C(CC)CC.Cc1oc2c(c(-c3[c-]cncc3)nc3cccnc32)c1C.[Ir]. The second-order valence-corrected chi connectivity index (χ2v) is 8.97. The molecule has 0 atom stereocenters. The fourth-order valence-corrected chi connectivity index (χ4v) is 4.35. The second-order valence-electron chi connectivity index (χ2n) is 8.97. The van der Waals surface area contributed by atoms with Crippen LogP contribution < -0.4 is 0 Å². The number of aliphatic hydroxyl groups excluding tert-OH is 1. The largest absolute Gasteiger partial charge is 0.512 e. The average Bonchev–Trinajstić information content (AvgIpc) is 3.20. The second kappa shape index (κ2) is 14.2. The van der Waals surface area contributed by atoms with Gasteiger partial charge in [0.15, 0.2) is 11.4 Å². The molecule has 37 heavy (non-hydrogen) atoms. The summed E-state index contributed by atoms with van der Waals surface area (Å²) in [6, 6.07) is 8.87. The molecule has 0 aliphatic carbocycles. The maximum Gasteiger partial charge on any atom is 0.162 e. The Kier molecular flexibility index (Phi) is 11.6. The molecule has 4 rings (SSSR count). The van der Waals surface area contributed by atoms with Crippen molar-refractivity contribution in [2.45, 2.75) is 67.2 Å². The molecule has 4 aromatic heterocycles.